The summed E-state index contributed by atoms with van der Waals surface area (Å²) in [6.45, 7) is 6.45. The molecule has 12 heteroatoms. The molecule has 2 heterocycles. The van der Waals surface area contributed by atoms with Crippen LogP contribution in [0.2, 0.25) is 0 Å². The number of halogens is 3. The van der Waals surface area contributed by atoms with Crippen molar-refractivity contribution in [1.29, 1.82) is 5.26 Å². The Morgan fingerprint density at radius 3 is 2.53 bits per heavy atom. The number of nitrogens with zero attached hydrogens (tertiary/aromatic N) is 3. The number of carbonyl (C=O) groups is 1. The van der Waals surface area contributed by atoms with Gasteiger partial charge in [0.25, 0.3) is 5.56 Å². The number of pyridine rings is 1. The molecule has 2 aromatic heterocycles. The number of benzene rings is 1. The molecule has 0 bridgehead atoms. The molecular formula is C24H23F3N6O3. The summed E-state index contributed by atoms with van der Waals surface area (Å²) in [5.41, 5.74) is -2.03. The van der Waals surface area contributed by atoms with E-state index in [1.165, 1.54) is 44.4 Å². The maximum absolute atomic E-state index is 13.6. The number of aryl methyl sites for hydroxylation is 1. The third-order valence-electron chi connectivity index (χ3n) is 5.19. The fraction of sp³-hybridized carbons (Fsp3) is 0.292. The van der Waals surface area contributed by atoms with Crippen molar-refractivity contribution >= 4 is 17.4 Å². The normalized spacial score (nSPS) is 11.5. The van der Waals surface area contributed by atoms with Crippen LogP contribution in [0.4, 0.5) is 29.3 Å². The maximum atomic E-state index is 13.6. The summed E-state index contributed by atoms with van der Waals surface area (Å²) in [4.78, 5) is 35.2. The standard InChI is InChI=1S/C24H23F3N6O3/c1-5-36-19-9-20(34)29-10-15(19)21-30-11-18(13(2)31-21)33-22(35)32-14-6-7-16(23(3,4)12-28)17(8-14)24(25,26)27/h6-11H,5H2,1-4H3,(H,29,34)(H2,32,33,35). The van der Waals surface area contributed by atoms with E-state index in [2.05, 4.69) is 25.6 Å². The molecule has 0 aliphatic heterocycles. The van der Waals surface area contributed by atoms with Crippen LogP contribution < -0.4 is 20.9 Å². The molecule has 9 nitrogen and oxygen atoms in total. The molecular weight excluding hydrogens is 477 g/mol. The predicted octanol–water partition coefficient (Wildman–Crippen LogP) is 5.00. The highest BCUT2D eigenvalue weighted by Crippen LogP contribution is 2.39. The number of anilines is 2. The van der Waals surface area contributed by atoms with Crippen molar-refractivity contribution in [2.75, 3.05) is 17.2 Å². The Hall–Kier alpha value is -4.40. The van der Waals surface area contributed by atoms with Gasteiger partial charge >= 0.3 is 12.2 Å². The highest BCUT2D eigenvalue weighted by Gasteiger charge is 2.38. The maximum Gasteiger partial charge on any atom is 0.416 e. The van der Waals surface area contributed by atoms with Gasteiger partial charge in [0.15, 0.2) is 5.82 Å². The van der Waals surface area contributed by atoms with Gasteiger partial charge in [0.05, 0.1) is 46.8 Å². The number of aromatic amines is 1. The van der Waals surface area contributed by atoms with Gasteiger partial charge in [-0.2, -0.15) is 18.4 Å². The number of alkyl halides is 3. The number of aromatic nitrogens is 3. The van der Waals surface area contributed by atoms with Crippen LogP contribution in [0, 0.1) is 18.3 Å². The number of rotatable bonds is 6. The number of carbonyl (C=O) groups excluding carboxylic acids is 1. The topological polar surface area (TPSA) is 133 Å². The minimum atomic E-state index is -4.72. The van der Waals surface area contributed by atoms with Gasteiger partial charge < -0.3 is 20.4 Å². The van der Waals surface area contributed by atoms with E-state index < -0.39 is 23.2 Å². The third-order valence-corrected chi connectivity index (χ3v) is 5.19. The number of nitrogens with one attached hydrogen (secondary N) is 3. The van der Waals surface area contributed by atoms with Gasteiger partial charge in [0.2, 0.25) is 0 Å². The second-order valence-electron chi connectivity index (χ2n) is 8.27. The summed E-state index contributed by atoms with van der Waals surface area (Å²) >= 11 is 0. The van der Waals surface area contributed by atoms with Gasteiger partial charge in [0, 0.05) is 18.0 Å². The van der Waals surface area contributed by atoms with Crippen LogP contribution in [0.1, 0.15) is 37.6 Å². The lowest BCUT2D eigenvalue weighted by Crippen LogP contribution is -2.23. The molecule has 3 aromatic rings. The molecule has 0 aliphatic carbocycles. The lowest BCUT2D eigenvalue weighted by Gasteiger charge is -2.22. The van der Waals surface area contributed by atoms with Crippen molar-refractivity contribution in [3.63, 3.8) is 0 Å². The molecule has 0 unspecified atom stereocenters. The fourth-order valence-electron chi connectivity index (χ4n) is 3.37. The van der Waals surface area contributed by atoms with Gasteiger partial charge in [-0.25, -0.2) is 14.8 Å². The molecule has 1 aromatic carbocycles. The Morgan fingerprint density at radius 2 is 1.92 bits per heavy atom. The van der Waals surface area contributed by atoms with Crippen LogP contribution in [0.3, 0.4) is 0 Å². The average molecular weight is 500 g/mol. The van der Waals surface area contributed by atoms with E-state index in [1.807, 2.05) is 6.07 Å². The van der Waals surface area contributed by atoms with E-state index in [1.54, 1.807) is 13.8 Å². The van der Waals surface area contributed by atoms with Crippen molar-refractivity contribution in [3.8, 4) is 23.2 Å². The quantitative estimate of drug-likeness (QED) is 0.436. The monoisotopic (exact) mass is 500 g/mol. The minimum absolute atomic E-state index is 0.109. The molecule has 0 atom stereocenters. The van der Waals surface area contributed by atoms with Gasteiger partial charge in [-0.05, 0) is 45.4 Å². The van der Waals surface area contributed by atoms with Crippen molar-refractivity contribution in [1.82, 2.24) is 15.0 Å². The molecule has 0 saturated carbocycles. The van der Waals surface area contributed by atoms with Gasteiger partial charge in [0.1, 0.15) is 5.75 Å². The van der Waals surface area contributed by atoms with Gasteiger partial charge in [-0.1, -0.05) is 6.07 Å². The number of hydrogen-bond acceptors (Lipinski definition) is 6. The molecule has 0 aliphatic rings. The highest BCUT2D eigenvalue weighted by molar-refractivity contribution is 6.00. The van der Waals surface area contributed by atoms with E-state index in [0.29, 0.717) is 23.6 Å². The first kappa shape index (κ1) is 26.2. The molecule has 3 rings (SSSR count). The Kier molecular flexibility index (Phi) is 7.33. The Morgan fingerprint density at radius 1 is 1.19 bits per heavy atom. The van der Waals surface area contributed by atoms with Crippen LogP contribution in [0.5, 0.6) is 5.75 Å². The number of ether oxygens (including phenoxy) is 1. The zero-order valence-corrected chi connectivity index (χ0v) is 19.9. The van der Waals surface area contributed by atoms with Gasteiger partial charge in [-0.15, -0.1) is 0 Å². The van der Waals surface area contributed by atoms with Crippen LogP contribution in [-0.4, -0.2) is 27.6 Å². The van der Waals surface area contributed by atoms with E-state index >= 15 is 0 Å². The number of amides is 2. The van der Waals surface area contributed by atoms with E-state index in [0.717, 1.165) is 6.07 Å². The fourth-order valence-corrected chi connectivity index (χ4v) is 3.37. The second kappa shape index (κ2) is 10.1. The number of hydrogen-bond donors (Lipinski definition) is 3. The molecule has 3 N–H and O–H groups in total. The van der Waals surface area contributed by atoms with Crippen LogP contribution >= 0.6 is 0 Å². The zero-order valence-electron chi connectivity index (χ0n) is 19.9. The smallest absolute Gasteiger partial charge is 0.416 e. The summed E-state index contributed by atoms with van der Waals surface area (Å²) in [6, 6.07) is 5.57. The van der Waals surface area contributed by atoms with Crippen molar-refractivity contribution < 1.29 is 22.7 Å². The lowest BCUT2D eigenvalue weighted by atomic mass is 9.83. The first-order valence-electron chi connectivity index (χ1n) is 10.8. The van der Waals surface area contributed by atoms with Crippen molar-refractivity contribution in [2.45, 2.75) is 39.3 Å². The molecule has 2 amide bonds. The van der Waals surface area contributed by atoms with Crippen LogP contribution in [0.15, 0.2) is 41.5 Å². The molecule has 0 saturated heterocycles. The van der Waals surface area contributed by atoms with E-state index in [9.17, 15) is 28.0 Å². The summed E-state index contributed by atoms with van der Waals surface area (Å²) < 4.78 is 46.3. The van der Waals surface area contributed by atoms with Gasteiger partial charge in [-0.3, -0.25) is 4.79 Å². The first-order chi connectivity index (χ1) is 16.9. The molecule has 0 radical (unpaired) electrons. The Labute approximate surface area is 204 Å². The molecule has 0 fully saturated rings. The number of H-pyrrole nitrogens is 1. The van der Waals surface area contributed by atoms with Crippen LogP contribution in [0.25, 0.3) is 11.4 Å². The van der Waals surface area contributed by atoms with Crippen LogP contribution in [-0.2, 0) is 11.6 Å². The predicted molar refractivity (Wildman–Crippen MR) is 127 cm³/mol. The molecule has 188 valence electrons. The van der Waals surface area contributed by atoms with E-state index in [4.69, 9.17) is 4.74 Å². The summed E-state index contributed by atoms with van der Waals surface area (Å²) in [6.07, 6.45) is -1.98. The molecule has 0 spiro atoms. The average Bonchev–Trinajstić information content (AvgIpc) is 2.80. The zero-order chi connectivity index (χ0) is 26.7. The van der Waals surface area contributed by atoms with Crippen molar-refractivity contribution in [2.24, 2.45) is 0 Å². The second-order valence-corrected chi connectivity index (χ2v) is 8.27. The lowest BCUT2D eigenvalue weighted by molar-refractivity contribution is -0.138. The summed E-state index contributed by atoms with van der Waals surface area (Å²) in [5.74, 6) is 0.534. The SMILES string of the molecule is CCOc1cc(=O)[nH]cc1-c1ncc(NC(=O)Nc2ccc(C(C)(C)C#N)c(C(F)(F)F)c2)c(C)n1. The highest BCUT2D eigenvalue weighted by atomic mass is 19.4. The molecule has 36 heavy (non-hydrogen) atoms. The third kappa shape index (κ3) is 5.80. The Balaban J connectivity index is 1.83. The van der Waals surface area contributed by atoms with E-state index in [-0.39, 0.29) is 28.3 Å². The summed E-state index contributed by atoms with van der Waals surface area (Å²) in [5, 5.41) is 14.1. The number of nitriles is 1. The number of urea groups is 1. The Bertz CT molecular complexity index is 1390. The minimum Gasteiger partial charge on any atom is -0.493 e. The first-order valence-corrected chi connectivity index (χ1v) is 10.8. The summed E-state index contributed by atoms with van der Waals surface area (Å²) in [7, 11) is 0. The van der Waals surface area contributed by atoms with Crippen molar-refractivity contribution in [3.05, 3.63) is 63.8 Å². The largest absolute Gasteiger partial charge is 0.493 e.